The minimum Gasteiger partial charge on any atom is -0.490 e. The average molecular weight is 283 g/mol. The molecule has 0 radical (unpaired) electrons. The Morgan fingerprint density at radius 2 is 2.00 bits per heavy atom. The number of anilines is 1. The number of ether oxygens (including phenoxy) is 2. The molecule has 0 amide bonds. The number of fused-ring (bicyclic) bond motifs is 1. The van der Waals surface area contributed by atoms with Crippen LogP contribution in [0, 0.1) is 6.92 Å². The molecule has 0 bridgehead atoms. The number of hydrogen-bond acceptors (Lipinski definition) is 4. The highest BCUT2D eigenvalue weighted by Gasteiger charge is 2.05. The van der Waals surface area contributed by atoms with Crippen molar-refractivity contribution in [2.45, 2.75) is 6.92 Å². The third-order valence-electron chi connectivity index (χ3n) is 3.04. The van der Waals surface area contributed by atoms with Gasteiger partial charge in [-0.2, -0.15) is 0 Å². The summed E-state index contributed by atoms with van der Waals surface area (Å²) < 4.78 is 13.3. The van der Waals surface area contributed by atoms with E-state index in [1.807, 2.05) is 54.0 Å². The smallest absolute Gasteiger partial charge is 0.179 e. The Morgan fingerprint density at radius 1 is 1.14 bits per heavy atom. The molecule has 3 rings (SSSR count). The maximum absolute atomic E-state index is 5.74. The maximum atomic E-state index is 5.74. The van der Waals surface area contributed by atoms with Crippen molar-refractivity contribution in [3.8, 4) is 11.5 Å². The van der Waals surface area contributed by atoms with Gasteiger partial charge in [-0.05, 0) is 31.2 Å². The number of nitrogens with zero attached hydrogens (tertiary/aromatic N) is 2. The van der Waals surface area contributed by atoms with E-state index in [-0.39, 0.29) is 0 Å². The Labute approximate surface area is 122 Å². The predicted molar refractivity (Wildman–Crippen MR) is 81.8 cm³/mol. The van der Waals surface area contributed by atoms with Crippen LogP contribution in [0.2, 0.25) is 0 Å². The zero-order valence-electron chi connectivity index (χ0n) is 11.8. The molecule has 108 valence electrons. The van der Waals surface area contributed by atoms with Crippen LogP contribution in [-0.2, 0) is 0 Å². The minimum absolute atomic E-state index is 0.445. The van der Waals surface area contributed by atoms with Crippen LogP contribution in [0.25, 0.3) is 5.65 Å². The van der Waals surface area contributed by atoms with Crippen molar-refractivity contribution >= 4 is 11.3 Å². The number of hydrogen-bond donors (Lipinski definition) is 1. The fraction of sp³-hybridized carbons (Fsp3) is 0.188. The van der Waals surface area contributed by atoms with E-state index in [4.69, 9.17) is 15.2 Å². The van der Waals surface area contributed by atoms with Crippen LogP contribution in [0.1, 0.15) is 5.69 Å². The minimum atomic E-state index is 0.445. The van der Waals surface area contributed by atoms with Crippen LogP contribution in [-0.4, -0.2) is 22.6 Å². The Balaban J connectivity index is 1.59. The maximum Gasteiger partial charge on any atom is 0.179 e. The zero-order chi connectivity index (χ0) is 14.7. The van der Waals surface area contributed by atoms with Gasteiger partial charge in [0.25, 0.3) is 0 Å². The van der Waals surface area contributed by atoms with E-state index in [1.165, 1.54) is 0 Å². The van der Waals surface area contributed by atoms with Gasteiger partial charge in [0.05, 0.1) is 5.69 Å². The van der Waals surface area contributed by atoms with Crippen molar-refractivity contribution in [3.63, 3.8) is 0 Å². The number of aromatic nitrogens is 2. The lowest BCUT2D eigenvalue weighted by atomic mass is 10.3. The Hall–Kier alpha value is -2.69. The van der Waals surface area contributed by atoms with Gasteiger partial charge >= 0.3 is 0 Å². The van der Waals surface area contributed by atoms with Gasteiger partial charge in [0.1, 0.15) is 19.0 Å². The molecule has 2 N–H and O–H groups in total. The fourth-order valence-electron chi connectivity index (χ4n) is 2.14. The van der Waals surface area contributed by atoms with E-state index in [0.29, 0.717) is 18.9 Å². The van der Waals surface area contributed by atoms with Crippen molar-refractivity contribution in [3.05, 3.63) is 54.5 Å². The van der Waals surface area contributed by atoms with Crippen LogP contribution >= 0.6 is 0 Å². The van der Waals surface area contributed by atoms with Crippen LogP contribution in [0.4, 0.5) is 5.69 Å². The third-order valence-corrected chi connectivity index (χ3v) is 3.04. The highest BCUT2D eigenvalue weighted by molar-refractivity contribution is 5.54. The molecular formula is C16H17N3O2. The molecule has 0 fully saturated rings. The number of rotatable bonds is 5. The summed E-state index contributed by atoms with van der Waals surface area (Å²) in [4.78, 5) is 4.44. The summed E-state index contributed by atoms with van der Waals surface area (Å²) in [6, 6.07) is 11.2. The van der Waals surface area contributed by atoms with Gasteiger partial charge in [-0.1, -0.05) is 6.07 Å². The number of nitrogens with two attached hydrogens (primary N) is 1. The molecule has 0 unspecified atom stereocenters. The van der Waals surface area contributed by atoms with Gasteiger partial charge in [-0.15, -0.1) is 0 Å². The van der Waals surface area contributed by atoms with Gasteiger partial charge in [-0.3, -0.25) is 0 Å². The third kappa shape index (κ3) is 3.08. The molecule has 5 heteroatoms. The van der Waals surface area contributed by atoms with Crippen LogP contribution in [0.15, 0.2) is 48.8 Å². The largest absolute Gasteiger partial charge is 0.490 e. The van der Waals surface area contributed by atoms with Crippen molar-refractivity contribution in [1.29, 1.82) is 0 Å². The van der Waals surface area contributed by atoms with E-state index in [9.17, 15) is 0 Å². The molecule has 3 aromatic rings. The van der Waals surface area contributed by atoms with Crippen molar-refractivity contribution < 1.29 is 9.47 Å². The average Bonchev–Trinajstić information content (AvgIpc) is 2.84. The van der Waals surface area contributed by atoms with Crippen molar-refractivity contribution in [1.82, 2.24) is 9.38 Å². The molecule has 2 heterocycles. The van der Waals surface area contributed by atoms with Crippen LogP contribution in [0.5, 0.6) is 11.5 Å². The summed E-state index contributed by atoms with van der Waals surface area (Å²) >= 11 is 0. The first-order chi connectivity index (χ1) is 10.2. The summed E-state index contributed by atoms with van der Waals surface area (Å²) in [6.45, 7) is 2.85. The summed E-state index contributed by atoms with van der Waals surface area (Å²) in [5.41, 5.74) is 8.16. The second kappa shape index (κ2) is 5.75. The predicted octanol–water partition coefficient (Wildman–Crippen LogP) is 2.68. The fourth-order valence-corrected chi connectivity index (χ4v) is 2.14. The molecule has 2 aromatic heterocycles. The second-order valence-electron chi connectivity index (χ2n) is 4.76. The van der Waals surface area contributed by atoms with Crippen LogP contribution in [0.3, 0.4) is 0 Å². The number of pyridine rings is 1. The first-order valence-corrected chi connectivity index (χ1v) is 6.78. The standard InChI is InChI=1S/C16H17N3O2/c1-12-11-19-7-3-6-15(16(19)18-12)21-9-8-20-14-5-2-4-13(17)10-14/h2-7,10-11H,8-9,17H2,1H3. The van der Waals surface area contributed by atoms with Gasteiger partial charge < -0.3 is 19.6 Å². The summed E-state index contributed by atoms with van der Waals surface area (Å²) in [7, 11) is 0. The van der Waals surface area contributed by atoms with Gasteiger partial charge in [0.15, 0.2) is 11.4 Å². The van der Waals surface area contributed by atoms with Crippen molar-refractivity contribution in [2.24, 2.45) is 0 Å². The molecule has 0 aliphatic carbocycles. The molecular weight excluding hydrogens is 266 g/mol. The summed E-state index contributed by atoms with van der Waals surface area (Å²) in [5, 5.41) is 0. The lowest BCUT2D eigenvalue weighted by molar-refractivity contribution is 0.218. The van der Waals surface area contributed by atoms with Gasteiger partial charge in [0, 0.05) is 24.1 Å². The van der Waals surface area contributed by atoms with E-state index in [1.54, 1.807) is 6.07 Å². The molecule has 0 spiro atoms. The molecule has 0 saturated carbocycles. The lowest BCUT2D eigenvalue weighted by Crippen LogP contribution is -2.09. The molecule has 5 nitrogen and oxygen atoms in total. The number of benzene rings is 1. The summed E-state index contributed by atoms with van der Waals surface area (Å²) in [5.74, 6) is 1.50. The topological polar surface area (TPSA) is 61.8 Å². The normalized spacial score (nSPS) is 10.7. The highest BCUT2D eigenvalue weighted by Crippen LogP contribution is 2.19. The van der Waals surface area contributed by atoms with E-state index in [2.05, 4.69) is 4.98 Å². The molecule has 1 aromatic carbocycles. The summed E-state index contributed by atoms with van der Waals surface area (Å²) in [6.07, 6.45) is 3.91. The van der Waals surface area contributed by atoms with E-state index in [0.717, 1.165) is 22.8 Å². The highest BCUT2D eigenvalue weighted by atomic mass is 16.5. The van der Waals surface area contributed by atoms with E-state index >= 15 is 0 Å². The SMILES string of the molecule is Cc1cn2cccc(OCCOc3cccc(N)c3)c2n1. The van der Waals surface area contributed by atoms with E-state index < -0.39 is 0 Å². The molecule has 21 heavy (non-hydrogen) atoms. The van der Waals surface area contributed by atoms with Gasteiger partial charge in [0.2, 0.25) is 0 Å². The lowest BCUT2D eigenvalue weighted by Gasteiger charge is -2.09. The Morgan fingerprint density at radius 3 is 2.86 bits per heavy atom. The first kappa shape index (κ1) is 13.3. The zero-order valence-corrected chi connectivity index (χ0v) is 11.8. The number of nitrogen functional groups attached to an aromatic ring is 1. The van der Waals surface area contributed by atoms with Crippen LogP contribution < -0.4 is 15.2 Å². The molecule has 0 saturated heterocycles. The molecule has 0 aliphatic rings. The van der Waals surface area contributed by atoms with Gasteiger partial charge in [-0.25, -0.2) is 4.98 Å². The quantitative estimate of drug-likeness (QED) is 0.577. The Kier molecular flexibility index (Phi) is 3.64. The molecule has 0 atom stereocenters. The first-order valence-electron chi connectivity index (χ1n) is 6.78. The monoisotopic (exact) mass is 283 g/mol. The number of aryl methyl sites for hydroxylation is 1. The molecule has 0 aliphatic heterocycles. The number of imidazole rings is 1. The Bertz CT molecular complexity index is 752. The second-order valence-corrected chi connectivity index (χ2v) is 4.76. The van der Waals surface area contributed by atoms with Crippen molar-refractivity contribution in [2.75, 3.05) is 18.9 Å².